The lowest BCUT2D eigenvalue weighted by Gasteiger charge is -2.35. The molecule has 1 saturated heterocycles. The van der Waals surface area contributed by atoms with E-state index in [0.29, 0.717) is 41.4 Å². The van der Waals surface area contributed by atoms with Crippen LogP contribution in [0.5, 0.6) is 0 Å². The van der Waals surface area contributed by atoms with Gasteiger partial charge in [0.2, 0.25) is 5.95 Å². The lowest BCUT2D eigenvalue weighted by atomic mass is 10.1. The number of benzene rings is 1. The van der Waals surface area contributed by atoms with E-state index in [1.165, 1.54) is 6.07 Å². The van der Waals surface area contributed by atoms with Crippen LogP contribution >= 0.6 is 35.6 Å². The second-order valence-electron chi connectivity index (χ2n) is 6.52. The van der Waals surface area contributed by atoms with E-state index < -0.39 is 0 Å². The molecule has 3 heterocycles. The highest BCUT2D eigenvalue weighted by Gasteiger charge is 2.28. The largest absolute Gasteiger partial charge is 0.370 e. The average Bonchev–Trinajstić information content (AvgIpc) is 2.71. The summed E-state index contributed by atoms with van der Waals surface area (Å²) >= 11 is 12.7. The van der Waals surface area contributed by atoms with Crippen molar-refractivity contribution in [2.75, 3.05) is 24.6 Å². The van der Waals surface area contributed by atoms with E-state index >= 15 is 0 Å². The van der Waals surface area contributed by atoms with Gasteiger partial charge in [0.15, 0.2) is 0 Å². The predicted octanol–water partition coefficient (Wildman–Crippen LogP) is 4.15. The molecule has 9 heteroatoms. The molecule has 0 bridgehead atoms. The van der Waals surface area contributed by atoms with Crippen LogP contribution in [0.3, 0.4) is 0 Å². The second kappa shape index (κ2) is 9.13. The van der Waals surface area contributed by atoms with Crippen LogP contribution in [0.4, 0.5) is 5.95 Å². The molecule has 0 amide bonds. The summed E-state index contributed by atoms with van der Waals surface area (Å²) < 4.78 is 7.47. The van der Waals surface area contributed by atoms with Crippen molar-refractivity contribution in [1.29, 1.82) is 0 Å². The Morgan fingerprint density at radius 1 is 1.14 bits per heavy atom. The summed E-state index contributed by atoms with van der Waals surface area (Å²) in [7, 11) is 1.72. The summed E-state index contributed by atoms with van der Waals surface area (Å²) in [6, 6.07) is 10.6. The molecule has 0 aliphatic carbocycles. The average molecular weight is 454 g/mol. The van der Waals surface area contributed by atoms with Gasteiger partial charge in [0.1, 0.15) is 6.10 Å². The third-order valence-electron chi connectivity index (χ3n) is 4.76. The molecule has 0 radical (unpaired) electrons. The first-order valence-corrected chi connectivity index (χ1v) is 9.59. The summed E-state index contributed by atoms with van der Waals surface area (Å²) in [6.45, 7) is 1.57. The molecule has 0 spiro atoms. The van der Waals surface area contributed by atoms with Crippen LogP contribution < -0.4 is 10.5 Å². The SMILES string of the molecule is Cl.Cn1c(N2CCO[C@H](c3c(Cl)cccc3Cl)C2)nc(-c2ccncc2)cc1=O. The fourth-order valence-corrected chi connectivity index (χ4v) is 3.95. The monoisotopic (exact) mass is 452 g/mol. The van der Waals surface area contributed by atoms with Crippen molar-refractivity contribution in [1.82, 2.24) is 14.5 Å². The minimum atomic E-state index is -0.309. The maximum absolute atomic E-state index is 12.5. The molecular formula is C20H19Cl3N4O2. The van der Waals surface area contributed by atoms with Gasteiger partial charge in [-0.05, 0) is 24.3 Å². The van der Waals surface area contributed by atoms with Gasteiger partial charge in [0, 0.05) is 53.2 Å². The Morgan fingerprint density at radius 2 is 1.83 bits per heavy atom. The number of hydrogen-bond donors (Lipinski definition) is 0. The molecule has 1 atom stereocenters. The van der Waals surface area contributed by atoms with E-state index in [1.807, 2.05) is 17.0 Å². The number of nitrogens with zero attached hydrogens (tertiary/aromatic N) is 4. The molecule has 29 heavy (non-hydrogen) atoms. The molecule has 1 aromatic carbocycles. The first-order valence-electron chi connectivity index (χ1n) is 8.83. The van der Waals surface area contributed by atoms with Crippen LogP contribution in [0.15, 0.2) is 53.6 Å². The summed E-state index contributed by atoms with van der Waals surface area (Å²) in [5.41, 5.74) is 2.08. The van der Waals surface area contributed by atoms with Gasteiger partial charge >= 0.3 is 0 Å². The van der Waals surface area contributed by atoms with Crippen LogP contribution in [-0.4, -0.2) is 34.2 Å². The van der Waals surface area contributed by atoms with Crippen LogP contribution in [0.1, 0.15) is 11.7 Å². The van der Waals surface area contributed by atoms with Gasteiger partial charge in [-0.1, -0.05) is 29.3 Å². The lowest BCUT2D eigenvalue weighted by Crippen LogP contribution is -2.41. The topological polar surface area (TPSA) is 60.2 Å². The minimum absolute atomic E-state index is 0. The Kier molecular flexibility index (Phi) is 6.80. The van der Waals surface area contributed by atoms with E-state index in [0.717, 1.165) is 11.1 Å². The number of pyridine rings is 1. The third kappa shape index (κ3) is 4.41. The normalized spacial score (nSPS) is 16.4. The molecule has 152 valence electrons. The number of hydrogen-bond acceptors (Lipinski definition) is 5. The fourth-order valence-electron chi connectivity index (χ4n) is 3.30. The second-order valence-corrected chi connectivity index (χ2v) is 7.33. The molecule has 1 aliphatic rings. The molecule has 0 N–H and O–H groups in total. The summed E-state index contributed by atoms with van der Waals surface area (Å²) in [5.74, 6) is 0.579. The van der Waals surface area contributed by atoms with Gasteiger partial charge in [-0.15, -0.1) is 12.4 Å². The zero-order valence-electron chi connectivity index (χ0n) is 15.6. The molecule has 4 rings (SSSR count). The van der Waals surface area contributed by atoms with Gasteiger partial charge in [-0.2, -0.15) is 0 Å². The smallest absolute Gasteiger partial charge is 0.255 e. The fraction of sp³-hybridized carbons (Fsp3) is 0.250. The van der Waals surface area contributed by atoms with Gasteiger partial charge in [0.25, 0.3) is 5.56 Å². The van der Waals surface area contributed by atoms with E-state index in [9.17, 15) is 4.79 Å². The zero-order chi connectivity index (χ0) is 19.7. The Hall–Kier alpha value is -2.12. The molecule has 3 aromatic rings. The number of morpholine rings is 1. The van der Waals surface area contributed by atoms with Crippen molar-refractivity contribution >= 4 is 41.6 Å². The highest BCUT2D eigenvalue weighted by Crippen LogP contribution is 2.35. The highest BCUT2D eigenvalue weighted by molar-refractivity contribution is 6.36. The van der Waals surface area contributed by atoms with Crippen LogP contribution in [0.25, 0.3) is 11.3 Å². The van der Waals surface area contributed by atoms with Crippen molar-refractivity contribution in [3.8, 4) is 11.3 Å². The molecule has 1 fully saturated rings. The molecule has 0 unspecified atom stereocenters. The van der Waals surface area contributed by atoms with Crippen molar-refractivity contribution < 1.29 is 4.74 Å². The third-order valence-corrected chi connectivity index (χ3v) is 5.42. The number of rotatable bonds is 3. The van der Waals surface area contributed by atoms with E-state index in [1.54, 1.807) is 42.2 Å². The maximum atomic E-state index is 12.5. The van der Waals surface area contributed by atoms with Crippen molar-refractivity contribution in [2.45, 2.75) is 6.10 Å². The van der Waals surface area contributed by atoms with Crippen LogP contribution in [-0.2, 0) is 11.8 Å². The maximum Gasteiger partial charge on any atom is 0.255 e. The number of aromatic nitrogens is 3. The molecule has 1 aliphatic heterocycles. The van der Waals surface area contributed by atoms with Crippen LogP contribution in [0, 0.1) is 0 Å². The Labute approximate surface area is 184 Å². The molecule has 6 nitrogen and oxygen atoms in total. The zero-order valence-corrected chi connectivity index (χ0v) is 17.9. The number of halogens is 3. The molecule has 2 aromatic heterocycles. The van der Waals surface area contributed by atoms with Gasteiger partial charge < -0.3 is 9.64 Å². The van der Waals surface area contributed by atoms with Crippen LogP contribution in [0.2, 0.25) is 10.0 Å². The van der Waals surface area contributed by atoms with Crippen molar-refractivity contribution in [2.24, 2.45) is 7.05 Å². The standard InChI is InChI=1S/C20H18Cl2N4O2.ClH/c1-25-18(27)11-16(13-5-7-23-8-6-13)24-20(25)26-9-10-28-17(12-26)19-14(21)3-2-4-15(19)22;/h2-8,11,17H,9-10,12H2,1H3;1H/t17-;/m0./s1. The van der Waals surface area contributed by atoms with E-state index in [-0.39, 0.29) is 24.1 Å². The van der Waals surface area contributed by atoms with E-state index in [4.69, 9.17) is 32.9 Å². The van der Waals surface area contributed by atoms with Crippen molar-refractivity contribution in [3.05, 3.63) is 74.8 Å². The number of anilines is 1. The number of ether oxygens (including phenoxy) is 1. The molecular weight excluding hydrogens is 435 g/mol. The quantitative estimate of drug-likeness (QED) is 0.596. The summed E-state index contributed by atoms with van der Waals surface area (Å²) in [6.07, 6.45) is 3.05. The molecule has 0 saturated carbocycles. The summed E-state index contributed by atoms with van der Waals surface area (Å²) in [5, 5.41) is 1.12. The summed E-state index contributed by atoms with van der Waals surface area (Å²) in [4.78, 5) is 23.3. The van der Waals surface area contributed by atoms with E-state index in [2.05, 4.69) is 4.98 Å². The highest BCUT2D eigenvalue weighted by atomic mass is 35.5. The Balaban J connectivity index is 0.00000240. The van der Waals surface area contributed by atoms with Gasteiger partial charge in [0.05, 0.1) is 18.8 Å². The minimum Gasteiger partial charge on any atom is -0.370 e. The van der Waals surface area contributed by atoms with Crippen molar-refractivity contribution in [3.63, 3.8) is 0 Å². The Morgan fingerprint density at radius 3 is 2.52 bits per heavy atom. The lowest BCUT2D eigenvalue weighted by molar-refractivity contribution is 0.0391. The van der Waals surface area contributed by atoms with Gasteiger partial charge in [-0.25, -0.2) is 4.98 Å². The Bertz CT molecular complexity index is 1040. The predicted molar refractivity (Wildman–Crippen MR) is 117 cm³/mol. The first kappa shape index (κ1) is 21.6. The first-order chi connectivity index (χ1) is 13.5. The van der Waals surface area contributed by atoms with Gasteiger partial charge in [-0.3, -0.25) is 14.3 Å².